The summed E-state index contributed by atoms with van der Waals surface area (Å²) in [7, 11) is -4.04. The van der Waals surface area contributed by atoms with E-state index in [-0.39, 0.29) is 20.9 Å². The van der Waals surface area contributed by atoms with Crippen LogP contribution in [0.4, 0.5) is 4.39 Å². The molecule has 148 valence electrons. The van der Waals surface area contributed by atoms with Crippen molar-refractivity contribution in [3.63, 3.8) is 0 Å². The fourth-order valence-corrected chi connectivity index (χ4v) is 5.36. The predicted molar refractivity (Wildman–Crippen MR) is 107 cm³/mol. The monoisotopic (exact) mass is 449 g/mol. The molecule has 0 aliphatic rings. The second-order valence-corrected chi connectivity index (χ2v) is 9.15. The first-order valence-corrected chi connectivity index (χ1v) is 11.2. The lowest BCUT2D eigenvalue weighted by Crippen LogP contribution is -2.04. The molecule has 2 aromatic carbocycles. The Bertz CT molecular complexity index is 1240. The van der Waals surface area contributed by atoms with Crippen LogP contribution in [-0.4, -0.2) is 13.4 Å². The topological polar surface area (TPSA) is 73.3 Å². The van der Waals surface area contributed by atoms with E-state index in [1.54, 1.807) is 18.2 Å². The summed E-state index contributed by atoms with van der Waals surface area (Å²) in [6.45, 7) is 0. The van der Waals surface area contributed by atoms with Crippen LogP contribution in [0.25, 0.3) is 11.7 Å². The number of rotatable bonds is 6. The highest BCUT2D eigenvalue weighted by atomic mass is 35.5. The lowest BCUT2D eigenvalue weighted by atomic mass is 10.2. The van der Waals surface area contributed by atoms with Crippen LogP contribution in [0.3, 0.4) is 0 Å². The van der Waals surface area contributed by atoms with Crippen LogP contribution in [0.15, 0.2) is 90.8 Å². The summed E-state index contributed by atoms with van der Waals surface area (Å²) in [5, 5.41) is 0.405. The van der Waals surface area contributed by atoms with Crippen molar-refractivity contribution in [2.24, 2.45) is 0 Å². The quantitative estimate of drug-likeness (QED) is 0.271. The molecular weight excluding hydrogens is 437 g/mol. The molecule has 2 aromatic heterocycles. The number of nitrogens with zero attached hydrogens (tertiary/aromatic N) is 1. The van der Waals surface area contributed by atoms with Crippen LogP contribution in [-0.2, 0) is 15.6 Å². The molecule has 2 heterocycles. The molecule has 29 heavy (non-hydrogen) atoms. The normalized spacial score (nSPS) is 11.7. The van der Waals surface area contributed by atoms with Crippen molar-refractivity contribution in [2.75, 3.05) is 0 Å². The molecule has 0 amide bonds. The number of oxazole rings is 1. The van der Waals surface area contributed by atoms with Gasteiger partial charge in [-0.05, 0) is 48.0 Å². The molecule has 0 bridgehead atoms. The summed E-state index contributed by atoms with van der Waals surface area (Å²) in [6, 6.07) is 15.0. The minimum absolute atomic E-state index is 0.0392. The Kier molecular flexibility index (Phi) is 5.49. The summed E-state index contributed by atoms with van der Waals surface area (Å²) in [4.78, 5) is 4.08. The number of halogens is 2. The van der Waals surface area contributed by atoms with Crippen molar-refractivity contribution in [3.8, 4) is 11.7 Å². The third kappa shape index (κ3) is 4.10. The van der Waals surface area contributed by atoms with Gasteiger partial charge in [0, 0.05) is 10.8 Å². The van der Waals surface area contributed by atoms with Gasteiger partial charge in [-0.25, -0.2) is 12.8 Å². The van der Waals surface area contributed by atoms with E-state index in [1.807, 2.05) is 18.2 Å². The van der Waals surface area contributed by atoms with Crippen molar-refractivity contribution >= 4 is 33.2 Å². The second kappa shape index (κ2) is 8.06. The maximum absolute atomic E-state index is 13.2. The summed E-state index contributed by atoms with van der Waals surface area (Å²) in [6.07, 6.45) is 1.43. The van der Waals surface area contributed by atoms with Gasteiger partial charge in [-0.15, -0.1) is 0 Å². The van der Waals surface area contributed by atoms with Gasteiger partial charge in [0.05, 0.1) is 11.2 Å². The molecule has 4 aromatic rings. The Morgan fingerprint density at radius 3 is 2.48 bits per heavy atom. The fourth-order valence-electron chi connectivity index (χ4n) is 2.54. The van der Waals surface area contributed by atoms with E-state index in [9.17, 15) is 12.8 Å². The zero-order valence-corrected chi connectivity index (χ0v) is 17.1. The van der Waals surface area contributed by atoms with Crippen molar-refractivity contribution in [2.45, 2.75) is 20.8 Å². The van der Waals surface area contributed by atoms with Gasteiger partial charge in [0.1, 0.15) is 5.82 Å². The number of benzene rings is 2. The molecule has 0 saturated heterocycles. The number of furan rings is 1. The van der Waals surface area contributed by atoms with Gasteiger partial charge in [0.2, 0.25) is 20.0 Å². The zero-order valence-electron chi connectivity index (χ0n) is 14.7. The summed E-state index contributed by atoms with van der Waals surface area (Å²) in [5.74, 6) is 0.175. The number of thioether (sulfide) groups is 1. The Labute approximate surface area is 175 Å². The maximum atomic E-state index is 13.2. The van der Waals surface area contributed by atoms with Crippen molar-refractivity contribution in [1.82, 2.24) is 4.98 Å². The highest BCUT2D eigenvalue weighted by molar-refractivity contribution is 7.99. The zero-order chi connectivity index (χ0) is 20.4. The molecule has 4 rings (SSSR count). The van der Waals surface area contributed by atoms with Crippen LogP contribution in [0.2, 0.25) is 5.02 Å². The Morgan fingerprint density at radius 1 is 1.03 bits per heavy atom. The third-order valence-corrected chi connectivity index (χ3v) is 7.16. The number of sulfone groups is 1. The van der Waals surface area contributed by atoms with E-state index in [4.69, 9.17) is 20.4 Å². The van der Waals surface area contributed by atoms with Crippen LogP contribution in [0.1, 0.15) is 5.56 Å². The van der Waals surface area contributed by atoms with Gasteiger partial charge in [-0.2, -0.15) is 4.98 Å². The van der Waals surface area contributed by atoms with E-state index in [0.29, 0.717) is 16.5 Å². The highest BCUT2D eigenvalue weighted by Gasteiger charge is 2.29. The van der Waals surface area contributed by atoms with Gasteiger partial charge >= 0.3 is 0 Å². The minimum atomic E-state index is -4.04. The number of aromatic nitrogens is 1. The lowest BCUT2D eigenvalue weighted by Gasteiger charge is -2.05. The summed E-state index contributed by atoms with van der Waals surface area (Å²) in [5.41, 5.74) is 0.820. The smallest absolute Gasteiger partial charge is 0.265 e. The molecule has 5 nitrogen and oxygen atoms in total. The van der Waals surface area contributed by atoms with Gasteiger partial charge in [-0.1, -0.05) is 41.6 Å². The number of hydrogen-bond acceptors (Lipinski definition) is 6. The Morgan fingerprint density at radius 2 is 1.79 bits per heavy atom. The molecule has 0 spiro atoms. The molecule has 0 unspecified atom stereocenters. The first kappa shape index (κ1) is 19.8. The van der Waals surface area contributed by atoms with Crippen LogP contribution >= 0.6 is 23.4 Å². The Hall–Kier alpha value is -2.55. The fraction of sp³-hybridized carbons (Fsp3) is 0.0500. The van der Waals surface area contributed by atoms with Crippen molar-refractivity contribution in [1.29, 1.82) is 0 Å². The second-order valence-electron chi connectivity index (χ2n) is 5.93. The first-order valence-electron chi connectivity index (χ1n) is 8.37. The van der Waals surface area contributed by atoms with Gasteiger partial charge < -0.3 is 8.83 Å². The summed E-state index contributed by atoms with van der Waals surface area (Å²) < 4.78 is 50.4. The molecule has 0 atom stereocenters. The van der Waals surface area contributed by atoms with Gasteiger partial charge in [0.25, 0.3) is 5.89 Å². The van der Waals surface area contributed by atoms with Gasteiger partial charge in [0.15, 0.2) is 5.76 Å². The van der Waals surface area contributed by atoms with E-state index >= 15 is 0 Å². The minimum Gasteiger partial charge on any atom is -0.459 e. The van der Waals surface area contributed by atoms with E-state index in [2.05, 4.69) is 4.98 Å². The van der Waals surface area contributed by atoms with Crippen LogP contribution in [0, 0.1) is 5.82 Å². The Balaban J connectivity index is 1.75. The van der Waals surface area contributed by atoms with E-state index < -0.39 is 15.7 Å². The largest absolute Gasteiger partial charge is 0.459 e. The van der Waals surface area contributed by atoms with Gasteiger partial charge in [-0.3, -0.25) is 0 Å². The average molecular weight is 450 g/mol. The standard InChI is InChI=1S/C20H13ClFNO4S2/c21-16-5-2-1-4-13(16)12-28-20-19(23-18(27-20)17-6-3-11-26-17)29(24,25)15-9-7-14(22)8-10-15/h1-11H,12H2. The average Bonchev–Trinajstić information content (AvgIpc) is 3.38. The highest BCUT2D eigenvalue weighted by Crippen LogP contribution is 2.37. The molecular formula is C20H13ClFNO4S2. The predicted octanol–water partition coefficient (Wildman–Crippen LogP) is 5.85. The molecule has 0 aliphatic carbocycles. The SMILES string of the molecule is O=S(=O)(c1ccc(F)cc1)c1nc(-c2ccco2)oc1SCc1ccccc1Cl. The van der Waals surface area contributed by atoms with E-state index in [1.165, 1.54) is 18.4 Å². The van der Waals surface area contributed by atoms with E-state index in [0.717, 1.165) is 29.5 Å². The molecule has 0 saturated carbocycles. The molecule has 0 N–H and O–H groups in total. The molecule has 9 heteroatoms. The van der Waals surface area contributed by atoms with Crippen LogP contribution in [0.5, 0.6) is 0 Å². The lowest BCUT2D eigenvalue weighted by molar-refractivity contribution is 0.451. The maximum Gasteiger partial charge on any atom is 0.265 e. The van der Waals surface area contributed by atoms with Crippen molar-refractivity contribution in [3.05, 3.63) is 83.3 Å². The molecule has 0 fully saturated rings. The molecule has 0 radical (unpaired) electrons. The summed E-state index contributed by atoms with van der Waals surface area (Å²) >= 11 is 7.34. The van der Waals surface area contributed by atoms with Crippen LogP contribution < -0.4 is 0 Å². The first-order chi connectivity index (χ1) is 13.9. The molecule has 0 aliphatic heterocycles. The van der Waals surface area contributed by atoms with Crippen molar-refractivity contribution < 1.29 is 21.6 Å². The number of hydrogen-bond donors (Lipinski definition) is 0. The third-order valence-electron chi connectivity index (χ3n) is 3.99.